The molecule has 32 heavy (non-hydrogen) atoms. The van der Waals surface area contributed by atoms with Crippen LogP contribution in [0.25, 0.3) is 11.3 Å². The average molecular weight is 452 g/mol. The molecular formula is C21H13FN4O5S. The monoisotopic (exact) mass is 452 g/mol. The normalized spacial score (nSPS) is 10.5. The number of nitro groups is 1. The third-order valence-electron chi connectivity index (χ3n) is 4.24. The smallest absolute Gasteiger partial charge is 0.395 e. The van der Waals surface area contributed by atoms with Crippen LogP contribution in [-0.2, 0) is 0 Å². The second-order valence-electron chi connectivity index (χ2n) is 6.43. The van der Waals surface area contributed by atoms with Gasteiger partial charge in [-0.15, -0.1) is 11.3 Å². The van der Waals surface area contributed by atoms with Crippen molar-refractivity contribution in [2.24, 2.45) is 0 Å². The van der Waals surface area contributed by atoms with Crippen molar-refractivity contribution in [1.29, 1.82) is 0 Å². The highest BCUT2D eigenvalue weighted by molar-refractivity contribution is 7.14. The predicted octanol–water partition coefficient (Wildman–Crippen LogP) is 4.96. The maximum absolute atomic E-state index is 13.0. The molecule has 0 aliphatic heterocycles. The Bertz CT molecular complexity index is 1320. The standard InChI is InChI=1S/C21H13FN4O5S/c22-14-6-4-12(5-7-14)19(27)23-15-3-1-2-13(10-15)16-11-32-21(24-16)25-20(28)17-8-9-18(31-17)26(29)30/h1-11H,(H,23,27)(H,24,25,28). The fraction of sp³-hybridized carbons (Fsp3) is 0. The molecule has 0 fully saturated rings. The first-order valence-corrected chi connectivity index (χ1v) is 9.95. The number of anilines is 2. The van der Waals surface area contributed by atoms with E-state index in [1.54, 1.807) is 29.6 Å². The summed E-state index contributed by atoms with van der Waals surface area (Å²) < 4.78 is 17.9. The molecule has 2 aromatic heterocycles. The molecular weight excluding hydrogens is 439 g/mol. The van der Waals surface area contributed by atoms with E-state index >= 15 is 0 Å². The first-order chi connectivity index (χ1) is 15.4. The van der Waals surface area contributed by atoms with Gasteiger partial charge < -0.3 is 9.73 Å². The number of furan rings is 1. The van der Waals surface area contributed by atoms with Crippen molar-refractivity contribution >= 4 is 39.9 Å². The van der Waals surface area contributed by atoms with Crippen molar-refractivity contribution in [1.82, 2.24) is 4.98 Å². The number of benzene rings is 2. The Morgan fingerprint density at radius 2 is 1.81 bits per heavy atom. The lowest BCUT2D eigenvalue weighted by atomic mass is 10.1. The molecule has 0 unspecified atom stereocenters. The summed E-state index contributed by atoms with van der Waals surface area (Å²) in [7, 11) is 0. The number of halogens is 1. The van der Waals surface area contributed by atoms with E-state index in [9.17, 15) is 24.1 Å². The number of nitrogens with zero attached hydrogens (tertiary/aromatic N) is 2. The van der Waals surface area contributed by atoms with Crippen LogP contribution < -0.4 is 10.6 Å². The first kappa shape index (κ1) is 20.9. The highest BCUT2D eigenvalue weighted by atomic mass is 32.1. The molecule has 0 spiro atoms. The van der Waals surface area contributed by atoms with E-state index < -0.39 is 22.5 Å². The highest BCUT2D eigenvalue weighted by Gasteiger charge is 2.18. The van der Waals surface area contributed by atoms with Crippen LogP contribution in [0.5, 0.6) is 0 Å². The number of hydrogen-bond acceptors (Lipinski definition) is 7. The Morgan fingerprint density at radius 3 is 2.53 bits per heavy atom. The van der Waals surface area contributed by atoms with Gasteiger partial charge in [-0.25, -0.2) is 9.37 Å². The minimum Gasteiger partial charge on any atom is -0.395 e. The van der Waals surface area contributed by atoms with Gasteiger partial charge in [-0.1, -0.05) is 12.1 Å². The van der Waals surface area contributed by atoms with Gasteiger partial charge in [0.1, 0.15) is 10.7 Å². The van der Waals surface area contributed by atoms with Gasteiger partial charge in [-0.05, 0) is 42.5 Å². The van der Waals surface area contributed by atoms with Gasteiger partial charge in [0, 0.05) is 22.2 Å². The molecule has 2 aromatic carbocycles. The Labute approximate surface area is 183 Å². The third kappa shape index (κ3) is 4.68. The van der Waals surface area contributed by atoms with Crippen LogP contribution in [0.2, 0.25) is 0 Å². The summed E-state index contributed by atoms with van der Waals surface area (Å²) in [6.07, 6.45) is 0. The number of thiazole rings is 1. The lowest BCUT2D eigenvalue weighted by molar-refractivity contribution is -0.402. The van der Waals surface area contributed by atoms with Crippen LogP contribution in [0.1, 0.15) is 20.9 Å². The molecule has 4 aromatic rings. The van der Waals surface area contributed by atoms with E-state index in [0.717, 1.165) is 17.4 Å². The van der Waals surface area contributed by atoms with Gasteiger partial charge in [0.2, 0.25) is 0 Å². The molecule has 0 bridgehead atoms. The number of hydrogen-bond donors (Lipinski definition) is 2. The summed E-state index contributed by atoms with van der Waals surface area (Å²) >= 11 is 1.16. The first-order valence-electron chi connectivity index (χ1n) is 9.07. The van der Waals surface area contributed by atoms with E-state index in [2.05, 4.69) is 15.6 Å². The SMILES string of the molecule is O=C(Nc1cccc(-c2csc(NC(=O)c3ccc([N+](=O)[O-])o3)n2)c1)c1ccc(F)cc1. The van der Waals surface area contributed by atoms with Gasteiger partial charge >= 0.3 is 5.88 Å². The third-order valence-corrected chi connectivity index (χ3v) is 5.00. The maximum atomic E-state index is 13.0. The minimum atomic E-state index is -0.736. The van der Waals surface area contributed by atoms with Crippen LogP contribution >= 0.6 is 11.3 Å². The molecule has 2 amide bonds. The van der Waals surface area contributed by atoms with Crippen molar-refractivity contribution in [3.05, 3.63) is 93.3 Å². The Morgan fingerprint density at radius 1 is 1.03 bits per heavy atom. The van der Waals surface area contributed by atoms with E-state index in [4.69, 9.17) is 4.42 Å². The maximum Gasteiger partial charge on any atom is 0.433 e. The largest absolute Gasteiger partial charge is 0.433 e. The number of amides is 2. The molecule has 0 saturated heterocycles. The Balaban J connectivity index is 1.45. The molecule has 0 aliphatic rings. The van der Waals surface area contributed by atoms with Crippen LogP contribution in [0.3, 0.4) is 0 Å². The lowest BCUT2D eigenvalue weighted by Crippen LogP contribution is -2.11. The number of carbonyl (C=O) groups excluding carboxylic acids is 2. The summed E-state index contributed by atoms with van der Waals surface area (Å²) in [6.45, 7) is 0. The predicted molar refractivity (Wildman–Crippen MR) is 115 cm³/mol. The van der Waals surface area contributed by atoms with Gasteiger partial charge in [0.25, 0.3) is 11.8 Å². The van der Waals surface area contributed by atoms with Crippen LogP contribution in [-0.4, -0.2) is 21.7 Å². The van der Waals surface area contributed by atoms with Crippen molar-refractivity contribution in [2.75, 3.05) is 10.6 Å². The zero-order valence-corrected chi connectivity index (χ0v) is 16.9. The van der Waals surface area contributed by atoms with E-state index in [0.29, 0.717) is 22.5 Å². The highest BCUT2D eigenvalue weighted by Crippen LogP contribution is 2.27. The van der Waals surface area contributed by atoms with Crippen molar-refractivity contribution in [3.63, 3.8) is 0 Å². The number of aromatic nitrogens is 1. The summed E-state index contributed by atoms with van der Waals surface area (Å²) in [5.41, 5.74) is 2.06. The van der Waals surface area contributed by atoms with Crippen molar-refractivity contribution in [3.8, 4) is 11.3 Å². The summed E-state index contributed by atoms with van der Waals surface area (Å²) in [4.78, 5) is 38.8. The van der Waals surface area contributed by atoms with Gasteiger partial charge in [-0.3, -0.25) is 25.0 Å². The number of carbonyl (C=O) groups is 2. The quantitative estimate of drug-likeness (QED) is 0.315. The zero-order valence-electron chi connectivity index (χ0n) is 16.1. The summed E-state index contributed by atoms with van der Waals surface area (Å²) in [6, 6.07) is 14.4. The second kappa shape index (κ2) is 8.78. The van der Waals surface area contributed by atoms with E-state index in [1.165, 1.54) is 30.3 Å². The van der Waals surface area contributed by atoms with Crippen molar-refractivity contribution in [2.45, 2.75) is 0 Å². The van der Waals surface area contributed by atoms with Crippen LogP contribution in [0.15, 0.2) is 70.5 Å². The van der Waals surface area contributed by atoms with E-state index in [-0.39, 0.29) is 16.8 Å². The molecule has 0 radical (unpaired) electrons. The lowest BCUT2D eigenvalue weighted by Gasteiger charge is -2.07. The average Bonchev–Trinajstić information content (AvgIpc) is 3.44. The Hall–Kier alpha value is -4.38. The van der Waals surface area contributed by atoms with Gasteiger partial charge in [-0.2, -0.15) is 0 Å². The summed E-state index contributed by atoms with van der Waals surface area (Å²) in [5, 5.41) is 17.9. The molecule has 0 saturated carbocycles. The molecule has 9 nitrogen and oxygen atoms in total. The van der Waals surface area contributed by atoms with Crippen LogP contribution in [0.4, 0.5) is 21.1 Å². The molecule has 4 rings (SSSR count). The number of nitrogens with one attached hydrogen (secondary N) is 2. The number of rotatable bonds is 6. The van der Waals surface area contributed by atoms with E-state index in [1.807, 2.05) is 0 Å². The molecule has 0 aliphatic carbocycles. The summed E-state index contributed by atoms with van der Waals surface area (Å²) in [5.74, 6) is -2.23. The van der Waals surface area contributed by atoms with Gasteiger partial charge in [0.05, 0.1) is 11.8 Å². The molecule has 0 atom stereocenters. The zero-order chi connectivity index (χ0) is 22.7. The fourth-order valence-corrected chi connectivity index (χ4v) is 3.45. The van der Waals surface area contributed by atoms with Crippen LogP contribution in [0, 0.1) is 15.9 Å². The topological polar surface area (TPSA) is 127 Å². The minimum absolute atomic E-state index is 0.209. The second-order valence-corrected chi connectivity index (χ2v) is 7.29. The Kier molecular flexibility index (Phi) is 5.73. The molecule has 11 heteroatoms. The van der Waals surface area contributed by atoms with Gasteiger partial charge in [0.15, 0.2) is 10.9 Å². The van der Waals surface area contributed by atoms with Crippen molar-refractivity contribution < 1.29 is 23.3 Å². The molecule has 160 valence electrons. The molecule has 2 N–H and O–H groups in total. The molecule has 2 heterocycles. The fourth-order valence-electron chi connectivity index (χ4n) is 2.73.